The highest BCUT2D eigenvalue weighted by Crippen LogP contribution is 2.30. The van der Waals surface area contributed by atoms with Crippen molar-refractivity contribution in [3.05, 3.63) is 89.5 Å². The topological polar surface area (TPSA) is 54.4 Å². The van der Waals surface area contributed by atoms with Gasteiger partial charge in [-0.1, -0.05) is 67.6 Å². The molecule has 4 aromatic rings. The van der Waals surface area contributed by atoms with Crippen LogP contribution in [0.5, 0.6) is 0 Å². The number of fused-ring (bicyclic) bond motifs is 2. The van der Waals surface area contributed by atoms with E-state index in [-0.39, 0.29) is 11.7 Å². The van der Waals surface area contributed by atoms with Crippen molar-refractivity contribution < 1.29 is 13.0 Å². The van der Waals surface area contributed by atoms with Crippen LogP contribution in [0, 0.1) is 0 Å². The van der Waals surface area contributed by atoms with Crippen molar-refractivity contribution in [2.45, 2.75) is 23.5 Å². The second-order valence-corrected chi connectivity index (χ2v) is 9.66. The molecule has 4 rings (SSSR count). The fourth-order valence-electron chi connectivity index (χ4n) is 3.70. The first kappa shape index (κ1) is 20.0. The van der Waals surface area contributed by atoms with E-state index in [1.54, 1.807) is 6.26 Å². The van der Waals surface area contributed by atoms with Crippen molar-refractivity contribution in [2.24, 2.45) is 0 Å². The smallest absolute Gasteiger partial charge is 0.157 e. The molecule has 0 fully saturated rings. The molecule has 0 heterocycles. The summed E-state index contributed by atoms with van der Waals surface area (Å²) in [6, 6.07) is 24.7. The molecule has 0 saturated heterocycles. The molecular weight excluding hydrogens is 400 g/mol. The zero-order valence-corrected chi connectivity index (χ0v) is 17.9. The summed E-state index contributed by atoms with van der Waals surface area (Å²) < 4.78 is 31.9. The van der Waals surface area contributed by atoms with E-state index in [4.69, 9.17) is 4.55 Å². The average Bonchev–Trinajstić information content (AvgIpc) is 2.71. The Bertz CT molecular complexity index is 1260. The van der Waals surface area contributed by atoms with E-state index in [1.165, 1.54) is 11.1 Å². The molecule has 148 valence electrons. The molecule has 0 aromatic heterocycles. The largest absolute Gasteiger partial charge is 0.306 e. The van der Waals surface area contributed by atoms with E-state index >= 15 is 0 Å². The molecule has 0 aliphatic heterocycles. The summed E-state index contributed by atoms with van der Waals surface area (Å²) in [6.07, 6.45) is 1.70. The Morgan fingerprint density at radius 3 is 1.86 bits per heavy atom. The van der Waals surface area contributed by atoms with Crippen LogP contribution in [0.3, 0.4) is 0 Å². The van der Waals surface area contributed by atoms with Crippen molar-refractivity contribution in [3.8, 4) is 0 Å². The minimum atomic E-state index is -1.83. The van der Waals surface area contributed by atoms with Crippen LogP contribution in [-0.4, -0.2) is 19.2 Å². The molecular formula is C24H22O3S2. The van der Waals surface area contributed by atoms with Crippen molar-refractivity contribution in [3.63, 3.8) is 0 Å². The van der Waals surface area contributed by atoms with E-state index in [2.05, 4.69) is 43.3 Å². The lowest BCUT2D eigenvalue weighted by Crippen LogP contribution is -1.97. The normalized spacial score (nSPS) is 14.7. The predicted octanol–water partition coefficient (Wildman–Crippen LogP) is 5.60. The molecule has 0 amide bonds. The maximum absolute atomic E-state index is 11.7. The van der Waals surface area contributed by atoms with Crippen molar-refractivity contribution >= 4 is 43.4 Å². The van der Waals surface area contributed by atoms with Crippen LogP contribution < -0.4 is 0 Å². The number of hydrogen-bond donors (Lipinski definition) is 1. The Hall–Kier alpha value is -2.34. The molecule has 0 aliphatic rings. The minimum absolute atomic E-state index is 0.151. The van der Waals surface area contributed by atoms with E-state index in [9.17, 15) is 8.42 Å². The van der Waals surface area contributed by atoms with Crippen LogP contribution in [0.1, 0.15) is 29.5 Å². The SMILES string of the molecule is CC(c1ccc2cc(CS(=O)O)ccc2c1)c1ccc2cc(S(C)=O)ccc2c1. The third-order valence-electron chi connectivity index (χ3n) is 5.39. The van der Waals surface area contributed by atoms with Gasteiger partial charge in [0, 0.05) is 27.9 Å². The average molecular weight is 423 g/mol. The molecule has 0 bridgehead atoms. The molecule has 0 saturated carbocycles. The Kier molecular flexibility index (Phi) is 5.63. The first-order valence-electron chi connectivity index (χ1n) is 9.38. The summed E-state index contributed by atoms with van der Waals surface area (Å²) in [6.45, 7) is 2.20. The van der Waals surface area contributed by atoms with Gasteiger partial charge in [-0.25, -0.2) is 4.21 Å². The second kappa shape index (κ2) is 8.19. The highest BCUT2D eigenvalue weighted by Gasteiger charge is 2.11. The number of hydrogen-bond acceptors (Lipinski definition) is 2. The summed E-state index contributed by atoms with van der Waals surface area (Å²) in [7, 11) is -0.978. The molecule has 1 N–H and O–H groups in total. The van der Waals surface area contributed by atoms with Gasteiger partial charge in [0.25, 0.3) is 0 Å². The Labute approximate surface area is 175 Å². The van der Waals surface area contributed by atoms with Crippen LogP contribution >= 0.6 is 0 Å². The fourth-order valence-corrected chi connectivity index (χ4v) is 4.72. The lowest BCUT2D eigenvalue weighted by Gasteiger charge is -2.15. The van der Waals surface area contributed by atoms with Gasteiger partial charge < -0.3 is 4.55 Å². The van der Waals surface area contributed by atoms with Crippen LogP contribution in [-0.2, 0) is 27.6 Å². The minimum Gasteiger partial charge on any atom is -0.306 e. The highest BCUT2D eigenvalue weighted by atomic mass is 32.2. The van der Waals surface area contributed by atoms with Gasteiger partial charge in [-0.05, 0) is 50.4 Å². The molecule has 0 aliphatic carbocycles. The van der Waals surface area contributed by atoms with Crippen molar-refractivity contribution in [1.29, 1.82) is 0 Å². The van der Waals surface area contributed by atoms with Gasteiger partial charge in [-0.15, -0.1) is 0 Å². The monoisotopic (exact) mass is 422 g/mol. The van der Waals surface area contributed by atoms with Crippen molar-refractivity contribution in [2.75, 3.05) is 6.26 Å². The predicted molar refractivity (Wildman–Crippen MR) is 122 cm³/mol. The summed E-state index contributed by atoms with van der Waals surface area (Å²) in [4.78, 5) is 0.845. The maximum Gasteiger partial charge on any atom is 0.157 e. The number of rotatable bonds is 5. The van der Waals surface area contributed by atoms with E-state index < -0.39 is 21.9 Å². The molecule has 3 unspecified atom stereocenters. The second-order valence-electron chi connectivity index (χ2n) is 7.35. The third kappa shape index (κ3) is 4.32. The molecule has 29 heavy (non-hydrogen) atoms. The Morgan fingerprint density at radius 1 is 0.759 bits per heavy atom. The molecule has 3 atom stereocenters. The summed E-state index contributed by atoms with van der Waals surface area (Å²) in [5.74, 6) is 0.381. The van der Waals surface area contributed by atoms with Gasteiger partial charge in [0.15, 0.2) is 11.1 Å². The Morgan fingerprint density at radius 2 is 1.28 bits per heavy atom. The summed E-state index contributed by atoms with van der Waals surface area (Å²) in [5.41, 5.74) is 3.32. The maximum atomic E-state index is 11.7. The lowest BCUT2D eigenvalue weighted by atomic mass is 9.90. The molecule has 0 radical (unpaired) electrons. The van der Waals surface area contributed by atoms with E-state index in [1.807, 2.05) is 36.4 Å². The standard InChI is InChI=1S/C24H22O3S2/c1-16(19-6-8-23-14-24(28(2)25)10-9-22(23)13-19)18-5-7-20-11-17(15-29(26)27)3-4-21(20)12-18/h3-14,16H,15H2,1-2H3,(H,26,27). The first-order chi connectivity index (χ1) is 13.9. The van der Waals surface area contributed by atoms with Gasteiger partial charge in [0.05, 0.1) is 5.75 Å². The van der Waals surface area contributed by atoms with E-state index in [0.29, 0.717) is 0 Å². The van der Waals surface area contributed by atoms with Crippen LogP contribution in [0.15, 0.2) is 77.7 Å². The van der Waals surface area contributed by atoms with Gasteiger partial charge in [-0.2, -0.15) is 0 Å². The summed E-state index contributed by atoms with van der Waals surface area (Å²) in [5, 5.41) is 4.44. The molecule has 5 heteroatoms. The van der Waals surface area contributed by atoms with Crippen LogP contribution in [0.4, 0.5) is 0 Å². The van der Waals surface area contributed by atoms with Crippen LogP contribution in [0.25, 0.3) is 21.5 Å². The quantitative estimate of drug-likeness (QED) is 0.426. The van der Waals surface area contributed by atoms with Crippen LogP contribution in [0.2, 0.25) is 0 Å². The van der Waals surface area contributed by atoms with Gasteiger partial charge in [0.2, 0.25) is 0 Å². The number of benzene rings is 4. The zero-order valence-electron chi connectivity index (χ0n) is 16.3. The first-order valence-corrected chi connectivity index (χ1v) is 12.2. The lowest BCUT2D eigenvalue weighted by molar-refractivity contribution is 0.563. The molecule has 4 aromatic carbocycles. The molecule has 3 nitrogen and oxygen atoms in total. The van der Waals surface area contributed by atoms with E-state index in [0.717, 1.165) is 32.0 Å². The highest BCUT2D eigenvalue weighted by molar-refractivity contribution is 7.84. The van der Waals surface area contributed by atoms with Gasteiger partial charge in [0.1, 0.15) is 0 Å². The molecule has 0 spiro atoms. The summed E-state index contributed by atoms with van der Waals surface area (Å²) >= 11 is -1.83. The van der Waals surface area contributed by atoms with Gasteiger partial charge >= 0.3 is 0 Å². The third-order valence-corrected chi connectivity index (χ3v) is 6.88. The fraction of sp³-hybridized carbons (Fsp3) is 0.167. The Balaban J connectivity index is 1.66. The van der Waals surface area contributed by atoms with Gasteiger partial charge in [-0.3, -0.25) is 4.21 Å². The van der Waals surface area contributed by atoms with Crippen molar-refractivity contribution in [1.82, 2.24) is 0 Å². The zero-order chi connectivity index (χ0) is 20.5.